The molecule has 0 saturated heterocycles. The number of rotatable bonds is 6. The maximum atomic E-state index is 11.5. The Bertz CT molecular complexity index is 1280. The molecule has 0 unspecified atom stereocenters. The molecule has 0 aromatic heterocycles. The Hall–Kier alpha value is -4.41. The van der Waals surface area contributed by atoms with E-state index in [0.29, 0.717) is 11.1 Å². The Morgan fingerprint density at radius 3 is 2.35 bits per heavy atom. The number of benzene rings is 1. The second kappa shape index (κ2) is 12.6. The molecular formula is C24H19N3O6S. The normalized spacial score (nSPS) is 13.6. The highest BCUT2D eigenvalue weighted by Gasteiger charge is 2.16. The Kier molecular flexibility index (Phi) is 9.56. The van der Waals surface area contributed by atoms with Crippen LogP contribution in [0.15, 0.2) is 87.7 Å². The zero-order chi connectivity index (χ0) is 25.1. The van der Waals surface area contributed by atoms with Crippen LogP contribution in [-0.2, 0) is 0 Å². The predicted octanol–water partition coefficient (Wildman–Crippen LogP) is 4.52. The van der Waals surface area contributed by atoms with Gasteiger partial charge in [0, 0.05) is 45.1 Å². The fourth-order valence-corrected chi connectivity index (χ4v) is 2.79. The van der Waals surface area contributed by atoms with Crippen LogP contribution in [0.25, 0.3) is 0 Å². The second-order valence-electron chi connectivity index (χ2n) is 6.78. The fraction of sp³-hybridized carbons (Fsp3) is 0.167. The largest absolute Gasteiger partial charge is 0.265 e. The summed E-state index contributed by atoms with van der Waals surface area (Å²) in [4.78, 5) is 32.4. The van der Waals surface area contributed by atoms with Crippen molar-refractivity contribution < 1.29 is 14.8 Å². The molecule has 0 radical (unpaired) electrons. The lowest BCUT2D eigenvalue weighted by molar-refractivity contribution is -0.468. The highest BCUT2D eigenvalue weighted by atomic mass is 32.1. The summed E-state index contributed by atoms with van der Waals surface area (Å²) in [6, 6.07) is 7.02. The molecule has 0 spiro atoms. The maximum absolute atomic E-state index is 11.5. The first-order chi connectivity index (χ1) is 16.2. The van der Waals surface area contributed by atoms with E-state index < -0.39 is 21.3 Å². The molecule has 1 aliphatic rings. The number of allylic oxidation sites excluding steroid dienone is 8. The smallest absolute Gasteiger partial charge is 0.264 e. The molecule has 0 heterocycles. The van der Waals surface area contributed by atoms with E-state index in [0.717, 1.165) is 4.90 Å². The van der Waals surface area contributed by atoms with Crippen LogP contribution in [0.2, 0.25) is 0 Å². The van der Waals surface area contributed by atoms with Gasteiger partial charge >= 0.3 is 0 Å². The first-order valence-electron chi connectivity index (χ1n) is 9.95. The van der Waals surface area contributed by atoms with E-state index in [4.69, 9.17) is 0 Å². The van der Waals surface area contributed by atoms with Crippen molar-refractivity contribution >= 4 is 12.6 Å². The lowest BCUT2D eigenvalue weighted by atomic mass is 10.1. The van der Waals surface area contributed by atoms with E-state index in [2.05, 4.69) is 36.3 Å². The molecule has 0 N–H and O–H groups in total. The first kappa shape index (κ1) is 25.8. The third-order valence-corrected chi connectivity index (χ3v) is 4.71. The van der Waals surface area contributed by atoms with Gasteiger partial charge in [-0.1, -0.05) is 36.7 Å². The van der Waals surface area contributed by atoms with Crippen LogP contribution in [0.4, 0.5) is 0 Å². The van der Waals surface area contributed by atoms with Crippen LogP contribution in [0.5, 0.6) is 0 Å². The van der Waals surface area contributed by atoms with Crippen molar-refractivity contribution in [1.29, 1.82) is 0 Å². The number of nitro groups is 3. The second-order valence-corrected chi connectivity index (χ2v) is 7.30. The molecule has 1 aliphatic carbocycles. The van der Waals surface area contributed by atoms with E-state index in [9.17, 15) is 30.3 Å². The number of hydrogen-bond donors (Lipinski definition) is 1. The highest BCUT2D eigenvalue weighted by Crippen LogP contribution is 2.19. The van der Waals surface area contributed by atoms with Crippen molar-refractivity contribution in [2.45, 2.75) is 24.7 Å². The molecule has 0 bridgehead atoms. The van der Waals surface area contributed by atoms with Crippen molar-refractivity contribution in [1.82, 2.24) is 0 Å². The van der Waals surface area contributed by atoms with Gasteiger partial charge in [0.25, 0.3) is 5.70 Å². The number of nitrogens with zero attached hydrogens (tertiary/aromatic N) is 3. The van der Waals surface area contributed by atoms with E-state index in [1.54, 1.807) is 37.3 Å². The highest BCUT2D eigenvalue weighted by molar-refractivity contribution is 7.80. The van der Waals surface area contributed by atoms with Crippen molar-refractivity contribution in [3.8, 4) is 23.7 Å². The minimum absolute atomic E-state index is 0.0392. The SMILES string of the molecule is CC/C(=C\C(C#CC1=CCC([N+](=O)[O-])=C(C#Cc2ccc(S)cc2)C=C1)=C/C[N+](=O)[O-])[N+](=O)[O-]. The molecule has 1 aromatic carbocycles. The lowest BCUT2D eigenvalue weighted by Crippen LogP contribution is -2.00. The Labute approximate surface area is 201 Å². The van der Waals surface area contributed by atoms with Crippen LogP contribution in [0.1, 0.15) is 25.3 Å². The van der Waals surface area contributed by atoms with E-state index >= 15 is 0 Å². The monoisotopic (exact) mass is 477 g/mol. The zero-order valence-electron chi connectivity index (χ0n) is 18.1. The molecule has 10 heteroatoms. The van der Waals surface area contributed by atoms with Gasteiger partial charge in [0.05, 0.1) is 21.8 Å². The van der Waals surface area contributed by atoms with Crippen LogP contribution < -0.4 is 0 Å². The Morgan fingerprint density at radius 2 is 1.76 bits per heavy atom. The summed E-state index contributed by atoms with van der Waals surface area (Å²) < 4.78 is 0. The Morgan fingerprint density at radius 1 is 1.06 bits per heavy atom. The minimum atomic E-state index is -0.583. The topological polar surface area (TPSA) is 129 Å². The maximum Gasteiger partial charge on any atom is 0.265 e. The van der Waals surface area contributed by atoms with Crippen molar-refractivity contribution in [3.05, 3.63) is 119 Å². The van der Waals surface area contributed by atoms with Crippen LogP contribution in [0, 0.1) is 54.0 Å². The molecule has 0 saturated carbocycles. The minimum Gasteiger partial charge on any atom is -0.264 e. The summed E-state index contributed by atoms with van der Waals surface area (Å²) in [6.07, 6.45) is 7.01. The summed E-state index contributed by atoms with van der Waals surface area (Å²) in [6.45, 7) is 1.04. The summed E-state index contributed by atoms with van der Waals surface area (Å²) in [5.41, 5.74) is 1.17. The molecule has 0 aliphatic heterocycles. The standard InChI is InChI=1S/C24H19N3O6S/c1-2-22(26(30)31)17-20(15-16-25(28)29)4-3-18-5-10-21(24(14-9-18)27(32)33)11-6-19-7-12-23(34)13-8-19/h5,7-10,12-13,15,17,34H,2,14,16H2,1H3/b20-15-,22-17+. The van der Waals surface area contributed by atoms with Crippen LogP contribution in [0.3, 0.4) is 0 Å². The molecule has 0 amide bonds. The van der Waals surface area contributed by atoms with Gasteiger partial charge in [0.2, 0.25) is 12.2 Å². The summed E-state index contributed by atoms with van der Waals surface area (Å²) in [5.74, 6) is 11.2. The van der Waals surface area contributed by atoms with Gasteiger partial charge in [-0.15, -0.1) is 12.6 Å². The van der Waals surface area contributed by atoms with Gasteiger partial charge in [-0.05, 0) is 36.4 Å². The molecular weight excluding hydrogens is 458 g/mol. The van der Waals surface area contributed by atoms with Gasteiger partial charge < -0.3 is 0 Å². The zero-order valence-corrected chi connectivity index (χ0v) is 19.0. The van der Waals surface area contributed by atoms with E-state index in [1.165, 1.54) is 24.3 Å². The molecule has 172 valence electrons. The van der Waals surface area contributed by atoms with Crippen LogP contribution >= 0.6 is 12.6 Å². The van der Waals surface area contributed by atoms with Crippen LogP contribution in [-0.4, -0.2) is 21.3 Å². The summed E-state index contributed by atoms with van der Waals surface area (Å²) in [7, 11) is 0. The molecule has 9 nitrogen and oxygen atoms in total. The van der Waals surface area contributed by atoms with Crippen molar-refractivity contribution in [2.75, 3.05) is 6.54 Å². The molecule has 0 atom stereocenters. The fourth-order valence-electron chi connectivity index (χ4n) is 2.64. The van der Waals surface area contributed by atoms with Gasteiger partial charge in [0.15, 0.2) is 0 Å². The van der Waals surface area contributed by atoms with E-state index in [1.807, 2.05) is 0 Å². The lowest BCUT2D eigenvalue weighted by Gasteiger charge is -1.95. The first-order valence-corrected chi connectivity index (χ1v) is 10.4. The average Bonchev–Trinajstić information content (AvgIpc) is 3.00. The van der Waals surface area contributed by atoms with Gasteiger partial charge in [-0.25, -0.2) is 0 Å². The quantitative estimate of drug-likeness (QED) is 0.211. The predicted molar refractivity (Wildman–Crippen MR) is 130 cm³/mol. The van der Waals surface area contributed by atoms with Gasteiger partial charge in [-0.3, -0.25) is 30.3 Å². The Balaban J connectivity index is 2.37. The van der Waals surface area contributed by atoms with Crippen molar-refractivity contribution in [2.24, 2.45) is 0 Å². The third kappa shape index (κ3) is 8.26. The molecule has 1 aromatic rings. The molecule has 34 heavy (non-hydrogen) atoms. The summed E-state index contributed by atoms with van der Waals surface area (Å²) in [5, 5.41) is 33.3. The van der Waals surface area contributed by atoms with Gasteiger partial charge in [0.1, 0.15) is 0 Å². The average molecular weight is 477 g/mol. The molecule has 2 rings (SSSR count). The third-order valence-electron chi connectivity index (χ3n) is 4.42. The summed E-state index contributed by atoms with van der Waals surface area (Å²) >= 11 is 4.21. The number of hydrogen-bond acceptors (Lipinski definition) is 7. The molecule has 0 fully saturated rings. The van der Waals surface area contributed by atoms with Gasteiger partial charge in [-0.2, -0.15) is 0 Å². The van der Waals surface area contributed by atoms with E-state index in [-0.39, 0.29) is 35.4 Å². The number of thiol groups is 1. The van der Waals surface area contributed by atoms with Crippen molar-refractivity contribution in [3.63, 3.8) is 0 Å².